The molecule has 2 aromatic heterocycles. The smallest absolute Gasteiger partial charge is 0.143 e. The molecule has 36 heavy (non-hydrogen) atoms. The number of benzene rings is 4. The summed E-state index contributed by atoms with van der Waals surface area (Å²) in [4.78, 5) is 11.8. The van der Waals surface area contributed by atoms with E-state index < -0.39 is 0 Å². The third kappa shape index (κ3) is 3.61. The molecule has 172 valence electrons. The van der Waals surface area contributed by atoms with Crippen molar-refractivity contribution < 1.29 is 4.74 Å². The number of thiazole rings is 1. The number of fused-ring (bicyclic) bond motifs is 3. The second-order valence-electron chi connectivity index (χ2n) is 8.69. The molecule has 0 bridgehead atoms. The van der Waals surface area contributed by atoms with Crippen molar-refractivity contribution in [1.29, 1.82) is 0 Å². The minimum absolute atomic E-state index is 0.514. The second kappa shape index (κ2) is 8.63. The number of hydrogen-bond acceptors (Lipinski definition) is 5. The third-order valence-electron chi connectivity index (χ3n) is 6.42. The summed E-state index contributed by atoms with van der Waals surface area (Å²) < 4.78 is 7.50. The van der Waals surface area contributed by atoms with E-state index in [0.717, 1.165) is 55.7 Å². The first-order valence-electron chi connectivity index (χ1n) is 11.9. The van der Waals surface area contributed by atoms with Gasteiger partial charge in [0.15, 0.2) is 0 Å². The maximum Gasteiger partial charge on any atom is 0.143 e. The summed E-state index contributed by atoms with van der Waals surface area (Å²) in [5.41, 5.74) is 8.41. The normalized spacial score (nSPS) is 12.5. The summed E-state index contributed by atoms with van der Waals surface area (Å²) in [6.07, 6.45) is 1.83. The molecule has 0 N–H and O–H groups in total. The Balaban J connectivity index is 1.42. The van der Waals surface area contributed by atoms with Gasteiger partial charge >= 0.3 is 0 Å². The van der Waals surface area contributed by atoms with Gasteiger partial charge in [0.05, 0.1) is 27.3 Å². The number of hydrogen-bond donors (Lipinski definition) is 0. The zero-order chi connectivity index (χ0) is 23.9. The van der Waals surface area contributed by atoms with Crippen LogP contribution in [0.4, 0.5) is 17.1 Å². The lowest BCUT2D eigenvalue weighted by Crippen LogP contribution is -2.11. The van der Waals surface area contributed by atoms with E-state index in [1.165, 1.54) is 4.70 Å². The van der Waals surface area contributed by atoms with E-state index in [0.29, 0.717) is 6.61 Å². The number of rotatable bonds is 3. The van der Waals surface area contributed by atoms with Crippen molar-refractivity contribution in [3.8, 4) is 27.6 Å². The van der Waals surface area contributed by atoms with Crippen molar-refractivity contribution in [3.05, 3.63) is 121 Å². The van der Waals surface area contributed by atoms with Gasteiger partial charge in [0.25, 0.3) is 0 Å². The van der Waals surface area contributed by atoms with Gasteiger partial charge in [-0.3, -0.25) is 4.98 Å². The average Bonchev–Trinajstić information content (AvgIpc) is 3.31. The van der Waals surface area contributed by atoms with Crippen LogP contribution >= 0.6 is 11.3 Å². The molecule has 0 radical (unpaired) electrons. The summed E-state index contributed by atoms with van der Waals surface area (Å²) in [6.45, 7) is 0.514. The van der Waals surface area contributed by atoms with Gasteiger partial charge in [-0.25, -0.2) is 4.98 Å². The minimum atomic E-state index is 0.514. The van der Waals surface area contributed by atoms with Crippen LogP contribution in [0.3, 0.4) is 0 Å². The van der Waals surface area contributed by atoms with E-state index in [-0.39, 0.29) is 0 Å². The molecule has 4 aromatic carbocycles. The fraction of sp³-hybridized carbons (Fsp3) is 0.0323. The quantitative estimate of drug-likeness (QED) is 0.253. The molecular weight excluding hydrogens is 462 g/mol. The number of ether oxygens (including phenoxy) is 1. The van der Waals surface area contributed by atoms with Crippen LogP contribution in [0.25, 0.3) is 32.0 Å². The van der Waals surface area contributed by atoms with Crippen LogP contribution in [-0.4, -0.2) is 9.97 Å². The topological polar surface area (TPSA) is 38.2 Å². The van der Waals surface area contributed by atoms with Gasteiger partial charge in [0.1, 0.15) is 17.4 Å². The van der Waals surface area contributed by atoms with Crippen molar-refractivity contribution in [2.24, 2.45) is 0 Å². The van der Waals surface area contributed by atoms with Crippen LogP contribution < -0.4 is 9.64 Å². The minimum Gasteiger partial charge on any atom is -0.487 e. The maximum atomic E-state index is 6.32. The molecule has 5 heteroatoms. The molecule has 7 rings (SSSR count). The van der Waals surface area contributed by atoms with Crippen LogP contribution in [-0.2, 0) is 6.61 Å². The van der Waals surface area contributed by atoms with E-state index in [4.69, 9.17) is 9.72 Å². The van der Waals surface area contributed by atoms with Crippen molar-refractivity contribution in [3.63, 3.8) is 0 Å². The highest BCUT2D eigenvalue weighted by molar-refractivity contribution is 7.21. The first-order chi connectivity index (χ1) is 17.8. The molecule has 1 aliphatic heterocycles. The molecule has 0 aliphatic carbocycles. The summed E-state index contributed by atoms with van der Waals surface area (Å²) in [6, 6.07) is 37.6. The zero-order valence-electron chi connectivity index (χ0n) is 19.3. The molecule has 0 fully saturated rings. The Bertz CT molecular complexity index is 1680. The maximum absolute atomic E-state index is 6.32. The highest BCUT2D eigenvalue weighted by Crippen LogP contribution is 2.47. The van der Waals surface area contributed by atoms with Gasteiger partial charge in [0.2, 0.25) is 0 Å². The average molecular weight is 484 g/mol. The van der Waals surface area contributed by atoms with E-state index in [9.17, 15) is 0 Å². The molecule has 0 amide bonds. The Morgan fingerprint density at radius 1 is 0.722 bits per heavy atom. The molecule has 0 spiro atoms. The molecule has 4 nitrogen and oxygen atoms in total. The number of anilines is 3. The lowest BCUT2D eigenvalue weighted by atomic mass is 10.1. The van der Waals surface area contributed by atoms with Crippen molar-refractivity contribution in [1.82, 2.24) is 9.97 Å². The second-order valence-corrected chi connectivity index (χ2v) is 9.72. The van der Waals surface area contributed by atoms with Gasteiger partial charge in [0, 0.05) is 28.6 Å². The van der Waals surface area contributed by atoms with E-state index in [1.54, 1.807) is 11.3 Å². The molecule has 3 heterocycles. The molecular formula is C31H21N3OS. The monoisotopic (exact) mass is 483 g/mol. The number of pyridine rings is 1. The van der Waals surface area contributed by atoms with Crippen LogP contribution in [0, 0.1) is 0 Å². The van der Waals surface area contributed by atoms with Crippen molar-refractivity contribution in [2.75, 3.05) is 4.90 Å². The molecule has 1 aliphatic rings. The Hall–Kier alpha value is -4.48. The lowest BCUT2D eigenvalue weighted by molar-refractivity contribution is 0.310. The predicted molar refractivity (Wildman–Crippen MR) is 147 cm³/mol. The van der Waals surface area contributed by atoms with Gasteiger partial charge < -0.3 is 9.64 Å². The lowest BCUT2D eigenvalue weighted by Gasteiger charge is -2.26. The van der Waals surface area contributed by atoms with E-state index >= 15 is 0 Å². The van der Waals surface area contributed by atoms with Crippen molar-refractivity contribution in [2.45, 2.75) is 6.61 Å². The van der Waals surface area contributed by atoms with E-state index in [2.05, 4.69) is 94.8 Å². The van der Waals surface area contributed by atoms with E-state index in [1.807, 2.05) is 30.5 Å². The standard InChI is InChI=1S/C31H21N3OS/c1-3-13-27-23(8-1)20-35-29-16-15-22(31-33-26-12-2-4-14-30(26)36-31)19-28(29)34(27)24-10-7-9-21(18-24)25-11-5-6-17-32-25/h1-19H,20H2. The predicted octanol–water partition coefficient (Wildman–Crippen LogP) is 8.39. The molecule has 0 unspecified atom stereocenters. The van der Waals surface area contributed by atoms with Crippen LogP contribution in [0.5, 0.6) is 5.75 Å². The van der Waals surface area contributed by atoms with Gasteiger partial charge in [-0.2, -0.15) is 0 Å². The fourth-order valence-electron chi connectivity index (χ4n) is 4.70. The Labute approximate surface area is 213 Å². The first-order valence-corrected chi connectivity index (χ1v) is 12.7. The SMILES string of the molecule is c1ccc(-c2cccc(N3c4ccccc4COc4ccc(-c5nc6ccccc6s5)cc43)c2)nc1. The highest BCUT2D eigenvalue weighted by atomic mass is 32.1. The summed E-state index contributed by atoms with van der Waals surface area (Å²) >= 11 is 1.71. The number of nitrogens with zero attached hydrogens (tertiary/aromatic N) is 3. The Morgan fingerprint density at radius 2 is 1.61 bits per heavy atom. The fourth-order valence-corrected chi connectivity index (χ4v) is 5.66. The zero-order valence-corrected chi connectivity index (χ0v) is 20.2. The summed E-state index contributed by atoms with van der Waals surface area (Å²) in [5, 5.41) is 0.999. The molecule has 0 atom stereocenters. The van der Waals surface area contributed by atoms with Crippen LogP contribution in [0.15, 0.2) is 115 Å². The molecule has 0 saturated carbocycles. The molecule has 6 aromatic rings. The van der Waals surface area contributed by atoms with Crippen LogP contribution in [0.2, 0.25) is 0 Å². The summed E-state index contributed by atoms with van der Waals surface area (Å²) in [5.74, 6) is 0.847. The van der Waals surface area contributed by atoms with Gasteiger partial charge in [-0.05, 0) is 60.7 Å². The summed E-state index contributed by atoms with van der Waals surface area (Å²) in [7, 11) is 0. The first kappa shape index (κ1) is 20.9. The largest absolute Gasteiger partial charge is 0.487 e. The van der Waals surface area contributed by atoms with Gasteiger partial charge in [-0.15, -0.1) is 11.3 Å². The Morgan fingerprint density at radius 3 is 2.53 bits per heavy atom. The van der Waals surface area contributed by atoms with Crippen molar-refractivity contribution >= 4 is 38.6 Å². The van der Waals surface area contributed by atoms with Crippen LogP contribution in [0.1, 0.15) is 5.56 Å². The van der Waals surface area contributed by atoms with Gasteiger partial charge in [-0.1, -0.05) is 48.5 Å². The highest BCUT2D eigenvalue weighted by Gasteiger charge is 2.24. The number of para-hydroxylation sites is 2. The Kier molecular flexibility index (Phi) is 5.00. The molecule has 0 saturated heterocycles. The third-order valence-corrected chi connectivity index (χ3v) is 7.51. The number of aromatic nitrogens is 2.